The lowest BCUT2D eigenvalue weighted by atomic mass is 9.80. The summed E-state index contributed by atoms with van der Waals surface area (Å²) >= 11 is 0. The van der Waals surface area contributed by atoms with Crippen LogP contribution < -0.4 is 0 Å². The molecule has 2 heterocycles. The summed E-state index contributed by atoms with van der Waals surface area (Å²) < 4.78 is 30.7. The van der Waals surface area contributed by atoms with Gasteiger partial charge in [0.05, 0.1) is 17.0 Å². The maximum Gasteiger partial charge on any atom is 0.340 e. The molecule has 0 radical (unpaired) electrons. The van der Waals surface area contributed by atoms with Gasteiger partial charge in [0.1, 0.15) is 18.3 Å². The number of nitrogens with zero attached hydrogens (tertiary/aromatic N) is 1. The van der Waals surface area contributed by atoms with Gasteiger partial charge in [-0.1, -0.05) is 45.9 Å². The maximum absolute atomic E-state index is 14.6. The summed E-state index contributed by atoms with van der Waals surface area (Å²) in [6.45, 7) is 11.8. The van der Waals surface area contributed by atoms with Gasteiger partial charge in [-0.25, -0.2) is 9.59 Å². The molecule has 2 saturated carbocycles. The highest BCUT2D eigenvalue weighted by Crippen LogP contribution is 2.69. The van der Waals surface area contributed by atoms with Crippen molar-refractivity contribution in [3.63, 3.8) is 0 Å². The predicted molar refractivity (Wildman–Crippen MR) is 169 cm³/mol. The van der Waals surface area contributed by atoms with Gasteiger partial charge >= 0.3 is 23.9 Å². The summed E-state index contributed by atoms with van der Waals surface area (Å²) in [5.74, 6) is -4.81. The Bertz CT molecular complexity index is 1670. The monoisotopic (exact) mass is 659 g/mol. The zero-order valence-corrected chi connectivity index (χ0v) is 28.1. The molecule has 10 atom stereocenters. The van der Waals surface area contributed by atoms with Crippen molar-refractivity contribution in [2.24, 2.45) is 29.1 Å². The fraction of sp³-hybridized carbons (Fsp3) is 0.514. The first-order chi connectivity index (χ1) is 22.6. The number of ketones is 1. The minimum absolute atomic E-state index is 0.194. The number of esters is 4. The Morgan fingerprint density at radius 3 is 2.08 bits per heavy atom. The van der Waals surface area contributed by atoms with Crippen LogP contribution in [0.5, 0.6) is 0 Å². The number of pyridine rings is 1. The van der Waals surface area contributed by atoms with Crippen LogP contribution in [-0.2, 0) is 38.1 Å². The Morgan fingerprint density at radius 2 is 1.46 bits per heavy atom. The van der Waals surface area contributed by atoms with Crippen LogP contribution in [0.15, 0.2) is 66.5 Å². The smallest absolute Gasteiger partial charge is 0.340 e. The van der Waals surface area contributed by atoms with Crippen LogP contribution in [0.3, 0.4) is 0 Å². The number of aromatic nitrogens is 1. The van der Waals surface area contributed by atoms with Crippen molar-refractivity contribution in [3.8, 4) is 0 Å². The number of epoxide rings is 1. The van der Waals surface area contributed by atoms with E-state index in [9.17, 15) is 24.0 Å². The molecule has 48 heavy (non-hydrogen) atoms. The summed E-state index contributed by atoms with van der Waals surface area (Å²) in [4.78, 5) is 71.0. The summed E-state index contributed by atoms with van der Waals surface area (Å²) in [6.07, 6.45) is 0.880. The van der Waals surface area contributed by atoms with Gasteiger partial charge in [0, 0.05) is 38.1 Å². The van der Waals surface area contributed by atoms with E-state index in [2.05, 4.69) is 4.98 Å². The highest BCUT2D eigenvalue weighted by Gasteiger charge is 2.84. The molecule has 11 nitrogen and oxygen atoms in total. The highest BCUT2D eigenvalue weighted by atomic mass is 16.7. The van der Waals surface area contributed by atoms with Crippen LogP contribution in [-0.4, -0.2) is 70.3 Å². The van der Waals surface area contributed by atoms with Gasteiger partial charge in [-0.05, 0) is 60.6 Å². The van der Waals surface area contributed by atoms with Crippen molar-refractivity contribution < 1.29 is 47.7 Å². The summed E-state index contributed by atoms with van der Waals surface area (Å²) in [5.41, 5.74) is -2.46. The van der Waals surface area contributed by atoms with Crippen LogP contribution in [0.2, 0.25) is 0 Å². The quantitative estimate of drug-likeness (QED) is 0.184. The summed E-state index contributed by atoms with van der Waals surface area (Å²) in [6, 6.07) is 11.6. The third-order valence-electron chi connectivity index (χ3n) is 10.7. The molecule has 3 aliphatic carbocycles. The van der Waals surface area contributed by atoms with E-state index in [-0.39, 0.29) is 29.2 Å². The molecule has 254 valence electrons. The van der Waals surface area contributed by atoms with Crippen molar-refractivity contribution in [3.05, 3.63) is 77.6 Å². The lowest BCUT2D eigenvalue weighted by Crippen LogP contribution is -2.43. The van der Waals surface area contributed by atoms with Gasteiger partial charge in [-0.2, -0.15) is 0 Å². The third-order valence-corrected chi connectivity index (χ3v) is 10.7. The first-order valence-corrected chi connectivity index (χ1v) is 16.3. The van der Waals surface area contributed by atoms with Crippen molar-refractivity contribution in [2.75, 3.05) is 0 Å². The highest BCUT2D eigenvalue weighted by molar-refractivity contribution is 5.96. The zero-order chi connectivity index (χ0) is 34.8. The van der Waals surface area contributed by atoms with Gasteiger partial charge in [-0.3, -0.25) is 19.4 Å². The Morgan fingerprint density at radius 1 is 0.833 bits per heavy atom. The molecule has 1 aromatic heterocycles. The van der Waals surface area contributed by atoms with E-state index in [4.69, 9.17) is 23.7 Å². The fourth-order valence-corrected chi connectivity index (χ4v) is 8.45. The molecule has 0 spiro atoms. The van der Waals surface area contributed by atoms with E-state index >= 15 is 0 Å². The first-order valence-electron chi connectivity index (χ1n) is 16.3. The molecule has 1 aliphatic heterocycles. The van der Waals surface area contributed by atoms with Crippen LogP contribution in [0, 0.1) is 29.1 Å². The third kappa shape index (κ3) is 5.41. The van der Waals surface area contributed by atoms with E-state index in [0.717, 1.165) is 0 Å². The van der Waals surface area contributed by atoms with Crippen molar-refractivity contribution in [2.45, 2.75) is 90.5 Å². The minimum Gasteiger partial charge on any atom is -0.461 e. The number of fused-ring (bicyclic) bond motifs is 1. The molecule has 11 heteroatoms. The van der Waals surface area contributed by atoms with Crippen LogP contribution in [0.25, 0.3) is 0 Å². The fourth-order valence-electron chi connectivity index (χ4n) is 8.45. The number of ether oxygens (including phenoxy) is 5. The van der Waals surface area contributed by atoms with Crippen LogP contribution >= 0.6 is 0 Å². The van der Waals surface area contributed by atoms with Gasteiger partial charge < -0.3 is 23.7 Å². The van der Waals surface area contributed by atoms with E-state index in [1.165, 1.54) is 26.2 Å². The molecule has 0 N–H and O–H groups in total. The van der Waals surface area contributed by atoms with E-state index in [1.54, 1.807) is 62.4 Å². The van der Waals surface area contributed by atoms with E-state index in [0.29, 0.717) is 5.57 Å². The van der Waals surface area contributed by atoms with Gasteiger partial charge in [0.25, 0.3) is 0 Å². The molecule has 0 amide bonds. The van der Waals surface area contributed by atoms with Gasteiger partial charge in [-0.15, -0.1) is 0 Å². The maximum atomic E-state index is 14.6. The molecular formula is C37H41NO10. The Kier molecular flexibility index (Phi) is 8.34. The molecule has 0 bridgehead atoms. The van der Waals surface area contributed by atoms with Gasteiger partial charge in [0.2, 0.25) is 0 Å². The normalized spacial score (nSPS) is 37.1. The predicted octanol–water partition coefficient (Wildman–Crippen LogP) is 4.68. The molecule has 1 saturated heterocycles. The number of rotatable bonds is 6. The Hall–Kier alpha value is -4.38. The number of carbonyl (C=O) groups is 5. The average Bonchev–Trinajstić information content (AvgIpc) is 3.84. The molecule has 6 rings (SSSR count). The molecule has 3 fully saturated rings. The van der Waals surface area contributed by atoms with Crippen molar-refractivity contribution in [1.82, 2.24) is 4.98 Å². The number of Topliss-reactive ketones (excluding diaryl/α,β-unsaturated/α-hetero) is 1. The Balaban J connectivity index is 1.54. The van der Waals surface area contributed by atoms with Crippen LogP contribution in [0.1, 0.15) is 75.6 Å². The molecular weight excluding hydrogens is 618 g/mol. The zero-order valence-electron chi connectivity index (χ0n) is 28.1. The molecule has 1 aromatic carbocycles. The molecule has 2 aromatic rings. The number of carbonyl (C=O) groups excluding carboxylic acids is 5. The number of hydrogen-bond donors (Lipinski definition) is 0. The van der Waals surface area contributed by atoms with Crippen LogP contribution in [0.4, 0.5) is 0 Å². The van der Waals surface area contributed by atoms with E-state index < -0.39 is 82.7 Å². The average molecular weight is 660 g/mol. The molecule has 0 unspecified atom stereocenters. The SMILES string of the molecule is CC(=O)O[C@@H]1[C@@H]2[C@H]([C@H](OC(=O)c3cccnc3)[C@H](OC(=O)c3ccccc3)/C(C)=C/[C@@]34O[C@@]3(C[C@H](C)[C@@H]4OC(C)=O)C(=O)[C@@H]1C)C2(C)C. The first kappa shape index (κ1) is 33.5. The van der Waals surface area contributed by atoms with Crippen molar-refractivity contribution in [1.29, 1.82) is 0 Å². The Labute approximate surface area is 279 Å². The standard InChI is InChI=1S/C37H41NO10/c1-19-16-37-32(45-23(5)40)20(2)17-36(37,48-37)31(41)21(3)29(44-22(4)39)26-27(35(26,6)7)30(47-34(43)25-14-11-15-38-18-25)28(19)46-33(42)24-12-9-8-10-13-24/h8-16,18,20-21,26-30,32H,17H2,1-7H3/b19-16+/t20-,21+,26-,27+,28+,29-,30-,32-,36-,37-/m0/s1. The van der Waals surface area contributed by atoms with Crippen molar-refractivity contribution >= 4 is 29.7 Å². The number of benzene rings is 1. The second-order valence-electron chi connectivity index (χ2n) is 14.2. The second-order valence-corrected chi connectivity index (χ2v) is 14.2. The topological polar surface area (TPSA) is 148 Å². The lowest BCUT2D eigenvalue weighted by Gasteiger charge is -2.31. The largest absolute Gasteiger partial charge is 0.461 e. The van der Waals surface area contributed by atoms with Gasteiger partial charge in [0.15, 0.2) is 23.1 Å². The molecule has 4 aliphatic rings. The summed E-state index contributed by atoms with van der Waals surface area (Å²) in [5, 5.41) is 0. The minimum atomic E-state index is -1.38. The summed E-state index contributed by atoms with van der Waals surface area (Å²) in [7, 11) is 0. The van der Waals surface area contributed by atoms with E-state index in [1.807, 2.05) is 20.8 Å². The number of hydrogen-bond acceptors (Lipinski definition) is 11. The lowest BCUT2D eigenvalue weighted by molar-refractivity contribution is -0.154. The second kappa shape index (κ2) is 11.9.